The van der Waals surface area contributed by atoms with Gasteiger partial charge in [-0.2, -0.15) is 5.10 Å². The fourth-order valence-corrected chi connectivity index (χ4v) is 2.85. The van der Waals surface area contributed by atoms with Crippen LogP contribution in [0.1, 0.15) is 41.5 Å². The summed E-state index contributed by atoms with van der Waals surface area (Å²) in [5.41, 5.74) is 2.44. The summed E-state index contributed by atoms with van der Waals surface area (Å²) in [4.78, 5) is 12.2. The van der Waals surface area contributed by atoms with Crippen LogP contribution >= 0.6 is 11.6 Å². The van der Waals surface area contributed by atoms with Crippen LogP contribution in [0, 0.1) is 0 Å². The van der Waals surface area contributed by atoms with E-state index in [9.17, 15) is 4.79 Å². The Hall–Kier alpha value is -2.01. The van der Waals surface area contributed by atoms with Crippen LogP contribution in [0.5, 0.6) is 0 Å². The summed E-state index contributed by atoms with van der Waals surface area (Å²) in [7, 11) is 0. The maximum atomic E-state index is 12.2. The van der Waals surface area contributed by atoms with Gasteiger partial charge in [0.25, 0.3) is 0 Å². The monoisotopic (exact) mass is 319 g/mol. The van der Waals surface area contributed by atoms with Crippen molar-refractivity contribution in [3.05, 3.63) is 46.1 Å². The number of carbonyl (C=O) groups is 1. The number of fused-ring (bicyclic) bond motifs is 1. The molecule has 0 bridgehead atoms. The molecule has 5 nitrogen and oxygen atoms in total. The van der Waals surface area contributed by atoms with E-state index in [1.54, 1.807) is 6.92 Å². The number of aromatic nitrogens is 2. The summed E-state index contributed by atoms with van der Waals surface area (Å²) >= 11 is 5.93. The quantitative estimate of drug-likeness (QED) is 0.877. The minimum absolute atomic E-state index is 0.0823. The Morgan fingerprint density at radius 3 is 2.77 bits per heavy atom. The number of aryl methyl sites for hydroxylation is 1. The van der Waals surface area contributed by atoms with Gasteiger partial charge in [0, 0.05) is 5.02 Å². The molecule has 1 N–H and O–H groups in total. The van der Waals surface area contributed by atoms with E-state index in [4.69, 9.17) is 16.3 Å². The zero-order chi connectivity index (χ0) is 15.7. The van der Waals surface area contributed by atoms with Gasteiger partial charge in [0.15, 0.2) is 0 Å². The van der Waals surface area contributed by atoms with E-state index < -0.39 is 0 Å². The molecular weight excluding hydrogens is 302 g/mol. The Morgan fingerprint density at radius 1 is 1.41 bits per heavy atom. The molecule has 0 saturated heterocycles. The van der Waals surface area contributed by atoms with Crippen LogP contribution in [0.2, 0.25) is 5.02 Å². The number of benzene rings is 1. The minimum Gasteiger partial charge on any atom is -0.462 e. The molecule has 1 atom stereocenters. The largest absolute Gasteiger partial charge is 0.462 e. The van der Waals surface area contributed by atoms with E-state index in [-0.39, 0.29) is 12.0 Å². The molecule has 0 amide bonds. The van der Waals surface area contributed by atoms with Crippen molar-refractivity contribution in [3.8, 4) is 0 Å². The molecule has 0 aliphatic carbocycles. The normalized spacial score (nSPS) is 16.2. The van der Waals surface area contributed by atoms with E-state index in [2.05, 4.69) is 10.4 Å². The van der Waals surface area contributed by atoms with Crippen molar-refractivity contribution in [2.75, 3.05) is 11.9 Å². The molecule has 22 heavy (non-hydrogen) atoms. The van der Waals surface area contributed by atoms with Gasteiger partial charge in [-0.3, -0.25) is 0 Å². The average molecular weight is 320 g/mol. The standard InChI is InChI=1S/C16H18ClN3O2/c1-3-12-14(16(21)22-4-2)15-18-13(9-20(15)19-12)10-5-7-11(17)8-6-10/h5-8,13,18H,3-4,9H2,1-2H3/t13-/m0/s1. The number of hydrogen-bond donors (Lipinski definition) is 1. The molecule has 0 fully saturated rings. The molecule has 2 heterocycles. The summed E-state index contributed by atoms with van der Waals surface area (Å²) in [5, 5.41) is 8.63. The molecule has 116 valence electrons. The highest BCUT2D eigenvalue weighted by atomic mass is 35.5. The van der Waals surface area contributed by atoms with Crippen molar-refractivity contribution in [2.45, 2.75) is 32.9 Å². The van der Waals surface area contributed by atoms with Crippen molar-refractivity contribution >= 4 is 23.4 Å². The van der Waals surface area contributed by atoms with Crippen LogP contribution in [0.3, 0.4) is 0 Å². The number of ether oxygens (including phenoxy) is 1. The Bertz CT molecular complexity index is 694. The van der Waals surface area contributed by atoms with Gasteiger partial charge in [-0.15, -0.1) is 0 Å². The van der Waals surface area contributed by atoms with E-state index in [1.807, 2.05) is 35.9 Å². The van der Waals surface area contributed by atoms with E-state index in [1.165, 1.54) is 0 Å². The van der Waals surface area contributed by atoms with Crippen molar-refractivity contribution in [1.82, 2.24) is 9.78 Å². The van der Waals surface area contributed by atoms with Crippen LogP contribution in [-0.4, -0.2) is 22.4 Å². The topological polar surface area (TPSA) is 56.1 Å². The maximum Gasteiger partial charge on any atom is 0.343 e. The van der Waals surface area contributed by atoms with Gasteiger partial charge in [-0.25, -0.2) is 9.48 Å². The van der Waals surface area contributed by atoms with Crippen molar-refractivity contribution in [2.24, 2.45) is 0 Å². The van der Waals surface area contributed by atoms with Gasteiger partial charge in [0.05, 0.1) is 24.9 Å². The summed E-state index contributed by atoms with van der Waals surface area (Å²) in [6.07, 6.45) is 0.696. The second kappa shape index (κ2) is 6.01. The summed E-state index contributed by atoms with van der Waals surface area (Å²) in [6, 6.07) is 7.78. The SMILES string of the molecule is CCOC(=O)c1c(CC)nn2c1N[C@H](c1ccc(Cl)cc1)C2. The number of hydrogen-bond acceptors (Lipinski definition) is 4. The first kappa shape index (κ1) is 14.9. The molecule has 1 aromatic heterocycles. The Balaban J connectivity index is 1.90. The predicted molar refractivity (Wildman–Crippen MR) is 85.4 cm³/mol. The lowest BCUT2D eigenvalue weighted by molar-refractivity contribution is 0.0526. The molecule has 2 aromatic rings. The van der Waals surface area contributed by atoms with E-state index >= 15 is 0 Å². The number of nitrogens with zero attached hydrogens (tertiary/aromatic N) is 2. The second-order valence-corrected chi connectivity index (χ2v) is 5.61. The van der Waals surface area contributed by atoms with Crippen LogP contribution in [-0.2, 0) is 17.7 Å². The molecule has 1 aromatic carbocycles. The Morgan fingerprint density at radius 2 is 2.14 bits per heavy atom. The molecular formula is C16H18ClN3O2. The minimum atomic E-state index is -0.315. The van der Waals surface area contributed by atoms with Gasteiger partial charge in [-0.05, 0) is 31.0 Å². The van der Waals surface area contributed by atoms with Crippen molar-refractivity contribution in [3.63, 3.8) is 0 Å². The first-order valence-corrected chi connectivity index (χ1v) is 7.80. The Kier molecular flexibility index (Phi) is 4.07. The van der Waals surface area contributed by atoms with Gasteiger partial charge in [0.1, 0.15) is 11.4 Å². The molecule has 1 aliphatic heterocycles. The number of anilines is 1. The third kappa shape index (κ3) is 2.57. The molecule has 0 radical (unpaired) electrons. The van der Waals surface area contributed by atoms with Crippen LogP contribution in [0.15, 0.2) is 24.3 Å². The van der Waals surface area contributed by atoms with Crippen LogP contribution in [0.25, 0.3) is 0 Å². The molecule has 3 rings (SSSR count). The number of esters is 1. The van der Waals surface area contributed by atoms with Gasteiger partial charge < -0.3 is 10.1 Å². The zero-order valence-corrected chi connectivity index (χ0v) is 13.4. The number of carbonyl (C=O) groups excluding carboxylic acids is 1. The van der Waals surface area contributed by atoms with E-state index in [0.29, 0.717) is 30.2 Å². The highest BCUT2D eigenvalue weighted by Crippen LogP contribution is 2.34. The van der Waals surface area contributed by atoms with Crippen LogP contribution in [0.4, 0.5) is 5.82 Å². The lowest BCUT2D eigenvalue weighted by atomic mass is 10.1. The Labute approximate surface area is 134 Å². The third-order valence-corrected chi connectivity index (χ3v) is 4.03. The summed E-state index contributed by atoms with van der Waals surface area (Å²) < 4.78 is 7.01. The molecule has 0 spiro atoms. The number of halogens is 1. The third-order valence-electron chi connectivity index (χ3n) is 3.78. The van der Waals surface area contributed by atoms with Gasteiger partial charge >= 0.3 is 5.97 Å². The first-order chi connectivity index (χ1) is 10.6. The molecule has 0 saturated carbocycles. The fourth-order valence-electron chi connectivity index (χ4n) is 2.72. The van der Waals surface area contributed by atoms with Crippen molar-refractivity contribution < 1.29 is 9.53 Å². The lowest BCUT2D eigenvalue weighted by Gasteiger charge is -2.12. The van der Waals surface area contributed by atoms with Gasteiger partial charge in [-0.1, -0.05) is 30.7 Å². The predicted octanol–water partition coefficient (Wildman–Crippen LogP) is 3.44. The van der Waals surface area contributed by atoms with E-state index in [0.717, 1.165) is 17.1 Å². The highest BCUT2D eigenvalue weighted by molar-refractivity contribution is 6.30. The van der Waals surface area contributed by atoms with Crippen LogP contribution < -0.4 is 5.32 Å². The van der Waals surface area contributed by atoms with Crippen molar-refractivity contribution in [1.29, 1.82) is 0 Å². The maximum absolute atomic E-state index is 12.2. The fraction of sp³-hybridized carbons (Fsp3) is 0.375. The molecule has 6 heteroatoms. The first-order valence-electron chi connectivity index (χ1n) is 7.42. The zero-order valence-electron chi connectivity index (χ0n) is 12.6. The summed E-state index contributed by atoms with van der Waals surface area (Å²) in [6.45, 7) is 4.82. The smallest absolute Gasteiger partial charge is 0.343 e. The number of rotatable bonds is 4. The average Bonchev–Trinajstić information content (AvgIpc) is 3.05. The number of nitrogens with one attached hydrogen (secondary N) is 1. The molecule has 1 aliphatic rings. The highest BCUT2D eigenvalue weighted by Gasteiger charge is 2.31. The second-order valence-electron chi connectivity index (χ2n) is 5.17. The summed E-state index contributed by atoms with van der Waals surface area (Å²) in [5.74, 6) is 0.431. The van der Waals surface area contributed by atoms with Gasteiger partial charge in [0.2, 0.25) is 0 Å². The molecule has 0 unspecified atom stereocenters. The lowest BCUT2D eigenvalue weighted by Crippen LogP contribution is -2.12.